The Morgan fingerprint density at radius 1 is 1.20 bits per heavy atom. The Morgan fingerprint density at radius 2 is 1.95 bits per heavy atom. The number of benzene rings is 1. The summed E-state index contributed by atoms with van der Waals surface area (Å²) in [5.41, 5.74) is 4.38. The van der Waals surface area contributed by atoms with Gasteiger partial charge in [0.25, 0.3) is 0 Å². The zero-order chi connectivity index (χ0) is 14.1. The summed E-state index contributed by atoms with van der Waals surface area (Å²) in [5.74, 6) is 0.575. The molecule has 110 valence electrons. The minimum Gasteiger partial charge on any atom is -0.382 e. The first kappa shape index (κ1) is 13.9. The molecule has 2 aliphatic rings. The summed E-state index contributed by atoms with van der Waals surface area (Å²) in [6.45, 7) is 11.5. The Balaban J connectivity index is 1.97. The van der Waals surface area contributed by atoms with Gasteiger partial charge in [0.05, 0.1) is 0 Å². The first-order chi connectivity index (χ1) is 9.66. The molecule has 3 heteroatoms. The maximum Gasteiger partial charge on any atom is 0.0426 e. The zero-order valence-corrected chi connectivity index (χ0v) is 12.9. The maximum absolute atomic E-state index is 3.74. The molecule has 2 unspecified atom stereocenters. The number of anilines is 1. The molecule has 2 heterocycles. The van der Waals surface area contributed by atoms with Crippen LogP contribution in [0.5, 0.6) is 0 Å². The summed E-state index contributed by atoms with van der Waals surface area (Å²) in [6.07, 6.45) is 1.22. The monoisotopic (exact) mass is 273 g/mol. The lowest BCUT2D eigenvalue weighted by molar-refractivity contribution is 0.159. The van der Waals surface area contributed by atoms with E-state index in [0.29, 0.717) is 18.0 Å². The molecule has 0 amide bonds. The number of hydrogen-bond acceptors (Lipinski definition) is 3. The van der Waals surface area contributed by atoms with E-state index in [0.717, 1.165) is 13.1 Å². The third-order valence-corrected chi connectivity index (χ3v) is 4.67. The van der Waals surface area contributed by atoms with Gasteiger partial charge in [0.15, 0.2) is 0 Å². The number of nitrogens with zero attached hydrogens (tertiary/aromatic N) is 1. The average Bonchev–Trinajstić information content (AvgIpc) is 2.46. The summed E-state index contributed by atoms with van der Waals surface area (Å²) in [5, 5.41) is 7.20. The van der Waals surface area contributed by atoms with Crippen molar-refractivity contribution >= 4 is 5.69 Å². The molecule has 0 radical (unpaired) electrons. The molecule has 0 bridgehead atoms. The Labute approximate surface area is 122 Å². The number of hydrogen-bond donors (Lipinski definition) is 2. The van der Waals surface area contributed by atoms with E-state index in [2.05, 4.69) is 54.5 Å². The molecule has 2 N–H and O–H groups in total. The molecule has 20 heavy (non-hydrogen) atoms. The number of para-hydroxylation sites is 1. The van der Waals surface area contributed by atoms with Gasteiger partial charge in [0.1, 0.15) is 0 Å². The first-order valence-electron chi connectivity index (χ1n) is 8.01. The van der Waals surface area contributed by atoms with Gasteiger partial charge in [-0.25, -0.2) is 0 Å². The highest BCUT2D eigenvalue weighted by Gasteiger charge is 2.31. The van der Waals surface area contributed by atoms with Crippen LogP contribution < -0.4 is 10.6 Å². The fourth-order valence-corrected chi connectivity index (χ4v) is 3.62. The molecule has 0 aromatic heterocycles. The second-order valence-electron chi connectivity index (χ2n) is 6.55. The van der Waals surface area contributed by atoms with Crippen molar-refractivity contribution < 1.29 is 0 Å². The molecule has 0 saturated carbocycles. The predicted molar refractivity (Wildman–Crippen MR) is 85.4 cm³/mol. The van der Waals surface area contributed by atoms with Gasteiger partial charge in [-0.05, 0) is 30.4 Å². The van der Waals surface area contributed by atoms with Crippen molar-refractivity contribution in [1.29, 1.82) is 0 Å². The Hall–Kier alpha value is -1.06. The molecule has 1 fully saturated rings. The second-order valence-corrected chi connectivity index (χ2v) is 6.55. The van der Waals surface area contributed by atoms with Crippen molar-refractivity contribution in [3.63, 3.8) is 0 Å². The number of nitrogens with one attached hydrogen (secondary N) is 2. The van der Waals surface area contributed by atoms with Gasteiger partial charge in [-0.2, -0.15) is 0 Å². The highest BCUT2D eigenvalue weighted by atomic mass is 15.2. The minimum atomic E-state index is 0.558. The lowest BCUT2D eigenvalue weighted by Crippen LogP contribution is -2.47. The molecule has 0 spiro atoms. The number of fused-ring (bicyclic) bond motifs is 1. The molecular weight excluding hydrogens is 246 g/mol. The highest BCUT2D eigenvalue weighted by molar-refractivity contribution is 5.62. The van der Waals surface area contributed by atoms with Gasteiger partial charge < -0.3 is 10.6 Å². The molecular formula is C17H27N3. The molecule has 3 rings (SSSR count). The Kier molecular flexibility index (Phi) is 3.99. The normalized spacial score (nSPS) is 27.2. The van der Waals surface area contributed by atoms with Crippen LogP contribution in [0.1, 0.15) is 50.3 Å². The quantitative estimate of drug-likeness (QED) is 0.867. The van der Waals surface area contributed by atoms with Crippen LogP contribution in [0.3, 0.4) is 0 Å². The average molecular weight is 273 g/mol. The van der Waals surface area contributed by atoms with Crippen LogP contribution in [-0.4, -0.2) is 37.1 Å². The summed E-state index contributed by atoms with van der Waals surface area (Å²) < 4.78 is 0. The summed E-state index contributed by atoms with van der Waals surface area (Å²) in [4.78, 5) is 2.66. The lowest BCUT2D eigenvalue weighted by Gasteiger charge is -2.41. The lowest BCUT2D eigenvalue weighted by atomic mass is 9.87. The maximum atomic E-state index is 3.74. The van der Waals surface area contributed by atoms with Crippen LogP contribution in [-0.2, 0) is 0 Å². The predicted octanol–water partition coefficient (Wildman–Crippen LogP) is 2.96. The van der Waals surface area contributed by atoms with E-state index >= 15 is 0 Å². The van der Waals surface area contributed by atoms with Crippen LogP contribution in [0.15, 0.2) is 18.2 Å². The van der Waals surface area contributed by atoms with E-state index in [1.165, 1.54) is 36.3 Å². The van der Waals surface area contributed by atoms with Crippen molar-refractivity contribution in [2.24, 2.45) is 0 Å². The molecule has 2 atom stereocenters. The molecule has 1 saturated heterocycles. The van der Waals surface area contributed by atoms with Gasteiger partial charge in [0.2, 0.25) is 0 Å². The van der Waals surface area contributed by atoms with Crippen molar-refractivity contribution in [1.82, 2.24) is 10.2 Å². The van der Waals surface area contributed by atoms with Crippen molar-refractivity contribution in [3.05, 3.63) is 29.3 Å². The fraction of sp³-hybridized carbons (Fsp3) is 0.647. The van der Waals surface area contributed by atoms with E-state index < -0.39 is 0 Å². The minimum absolute atomic E-state index is 0.558. The second kappa shape index (κ2) is 5.74. The van der Waals surface area contributed by atoms with Crippen LogP contribution in [0.2, 0.25) is 0 Å². The third-order valence-electron chi connectivity index (χ3n) is 4.67. The van der Waals surface area contributed by atoms with E-state index in [9.17, 15) is 0 Å². The standard InChI is InChI=1S/C17H27N3/c1-12(2)14-5-4-6-15-16(11-13(3)19-17(14)15)20-9-7-18-8-10-20/h4-6,12-13,16,18-19H,7-11H2,1-3H3. The Bertz CT molecular complexity index is 463. The van der Waals surface area contributed by atoms with Crippen molar-refractivity contribution in [2.75, 3.05) is 31.5 Å². The van der Waals surface area contributed by atoms with E-state index in [1.807, 2.05) is 0 Å². The van der Waals surface area contributed by atoms with Crippen LogP contribution >= 0.6 is 0 Å². The molecule has 2 aliphatic heterocycles. The SMILES string of the molecule is CC1CC(N2CCNCC2)c2cccc(C(C)C)c2N1. The smallest absolute Gasteiger partial charge is 0.0426 e. The van der Waals surface area contributed by atoms with E-state index in [-0.39, 0.29) is 0 Å². The van der Waals surface area contributed by atoms with Crippen LogP contribution in [0.25, 0.3) is 0 Å². The van der Waals surface area contributed by atoms with Gasteiger partial charge >= 0.3 is 0 Å². The molecule has 1 aromatic carbocycles. The zero-order valence-electron chi connectivity index (χ0n) is 12.9. The summed E-state index contributed by atoms with van der Waals surface area (Å²) in [6, 6.07) is 7.99. The van der Waals surface area contributed by atoms with Gasteiger partial charge in [0, 0.05) is 44.0 Å². The summed E-state index contributed by atoms with van der Waals surface area (Å²) >= 11 is 0. The van der Waals surface area contributed by atoms with Gasteiger partial charge in [-0.15, -0.1) is 0 Å². The molecule has 3 nitrogen and oxygen atoms in total. The van der Waals surface area contributed by atoms with Crippen LogP contribution in [0, 0.1) is 0 Å². The van der Waals surface area contributed by atoms with Crippen LogP contribution in [0.4, 0.5) is 5.69 Å². The Morgan fingerprint density at radius 3 is 2.65 bits per heavy atom. The van der Waals surface area contributed by atoms with Crippen molar-refractivity contribution in [3.8, 4) is 0 Å². The largest absolute Gasteiger partial charge is 0.382 e. The number of rotatable bonds is 2. The first-order valence-corrected chi connectivity index (χ1v) is 8.01. The summed E-state index contributed by atoms with van der Waals surface area (Å²) in [7, 11) is 0. The fourth-order valence-electron chi connectivity index (χ4n) is 3.62. The molecule has 0 aliphatic carbocycles. The van der Waals surface area contributed by atoms with E-state index in [1.54, 1.807) is 0 Å². The van der Waals surface area contributed by atoms with Gasteiger partial charge in [-0.1, -0.05) is 32.0 Å². The third kappa shape index (κ3) is 2.57. The van der Waals surface area contributed by atoms with E-state index in [4.69, 9.17) is 0 Å². The topological polar surface area (TPSA) is 27.3 Å². The number of piperazine rings is 1. The van der Waals surface area contributed by atoms with Gasteiger partial charge in [-0.3, -0.25) is 4.90 Å². The van der Waals surface area contributed by atoms with Crippen molar-refractivity contribution in [2.45, 2.75) is 45.2 Å². The molecule has 1 aromatic rings. The highest BCUT2D eigenvalue weighted by Crippen LogP contribution is 2.40.